The van der Waals surface area contributed by atoms with Crippen LogP contribution in [-0.4, -0.2) is 23.6 Å². The van der Waals surface area contributed by atoms with Gasteiger partial charge in [-0.15, -0.1) is 0 Å². The van der Waals surface area contributed by atoms with Crippen LogP contribution in [0.2, 0.25) is 0 Å². The van der Waals surface area contributed by atoms with Crippen molar-refractivity contribution in [3.63, 3.8) is 0 Å². The van der Waals surface area contributed by atoms with Gasteiger partial charge in [-0.3, -0.25) is 4.79 Å². The molecule has 0 aromatic heterocycles. The van der Waals surface area contributed by atoms with Crippen LogP contribution in [0.25, 0.3) is 0 Å². The second-order valence-electron chi connectivity index (χ2n) is 5.44. The van der Waals surface area contributed by atoms with Gasteiger partial charge in [0.05, 0.1) is 6.04 Å². The molecular weight excluding hydrogens is 306 g/mol. The van der Waals surface area contributed by atoms with E-state index in [-0.39, 0.29) is 11.9 Å². The van der Waals surface area contributed by atoms with Crippen molar-refractivity contribution in [1.82, 2.24) is 5.32 Å². The van der Waals surface area contributed by atoms with Gasteiger partial charge in [-0.05, 0) is 30.2 Å². The number of carboxylic acid groups (broad SMARTS) is 1. The van der Waals surface area contributed by atoms with Crippen molar-refractivity contribution in [1.29, 1.82) is 0 Å². The molecule has 0 saturated heterocycles. The molecule has 5 heteroatoms. The number of hydrogen-bond donors (Lipinski definition) is 2. The third kappa shape index (κ3) is 5.12. The highest BCUT2D eigenvalue weighted by atomic mass is 16.5. The van der Waals surface area contributed by atoms with Gasteiger partial charge in [0, 0.05) is 5.56 Å². The third-order valence-electron chi connectivity index (χ3n) is 3.54. The van der Waals surface area contributed by atoms with Crippen molar-refractivity contribution in [2.45, 2.75) is 25.8 Å². The van der Waals surface area contributed by atoms with Crippen molar-refractivity contribution >= 4 is 11.9 Å². The van der Waals surface area contributed by atoms with Crippen LogP contribution in [0, 0.1) is 0 Å². The van der Waals surface area contributed by atoms with Crippen molar-refractivity contribution in [2.75, 3.05) is 6.61 Å². The molecule has 1 amide bonds. The molecule has 0 radical (unpaired) electrons. The summed E-state index contributed by atoms with van der Waals surface area (Å²) in [5, 5.41) is 11.7. The van der Waals surface area contributed by atoms with E-state index in [1.165, 1.54) is 0 Å². The molecule has 1 atom stereocenters. The van der Waals surface area contributed by atoms with Crippen LogP contribution < -0.4 is 10.1 Å². The van der Waals surface area contributed by atoms with Gasteiger partial charge in [0.15, 0.2) is 6.61 Å². The van der Waals surface area contributed by atoms with E-state index in [1.54, 1.807) is 24.3 Å². The number of carbonyl (C=O) groups is 2. The summed E-state index contributed by atoms with van der Waals surface area (Å²) in [5.41, 5.74) is 1.50. The highest BCUT2D eigenvalue weighted by Crippen LogP contribution is 2.20. The van der Waals surface area contributed by atoms with Gasteiger partial charge in [-0.1, -0.05) is 49.7 Å². The van der Waals surface area contributed by atoms with E-state index >= 15 is 0 Å². The van der Waals surface area contributed by atoms with Gasteiger partial charge in [0.2, 0.25) is 0 Å². The van der Waals surface area contributed by atoms with Gasteiger partial charge < -0.3 is 15.2 Å². The summed E-state index contributed by atoms with van der Waals surface area (Å²) in [6, 6.07) is 16.3. The topological polar surface area (TPSA) is 75.6 Å². The van der Waals surface area contributed by atoms with Gasteiger partial charge in [0.25, 0.3) is 5.91 Å². The molecule has 2 aromatic rings. The van der Waals surface area contributed by atoms with Crippen molar-refractivity contribution in [2.24, 2.45) is 0 Å². The molecule has 0 aliphatic rings. The lowest BCUT2D eigenvalue weighted by Crippen LogP contribution is -2.28. The predicted molar refractivity (Wildman–Crippen MR) is 91.1 cm³/mol. The molecule has 0 fully saturated rings. The molecule has 0 bridgehead atoms. The van der Waals surface area contributed by atoms with Crippen LogP contribution in [-0.2, 0) is 4.79 Å². The zero-order valence-electron chi connectivity index (χ0n) is 13.6. The summed E-state index contributed by atoms with van der Waals surface area (Å²) < 4.78 is 5.12. The quantitative estimate of drug-likeness (QED) is 0.779. The molecule has 1 unspecified atom stereocenters. The van der Waals surface area contributed by atoms with E-state index in [2.05, 4.69) is 12.2 Å². The number of carbonyl (C=O) groups excluding carboxylic acids is 1. The van der Waals surface area contributed by atoms with Gasteiger partial charge in [0.1, 0.15) is 5.75 Å². The number of carboxylic acids is 1. The average molecular weight is 327 g/mol. The molecular formula is C19H21NO4. The van der Waals surface area contributed by atoms with E-state index in [9.17, 15) is 9.59 Å². The first-order valence-electron chi connectivity index (χ1n) is 7.90. The molecule has 2 aromatic carbocycles. The second kappa shape index (κ2) is 8.72. The summed E-state index contributed by atoms with van der Waals surface area (Å²) >= 11 is 0. The zero-order chi connectivity index (χ0) is 17.4. The largest absolute Gasteiger partial charge is 0.482 e. The molecule has 0 aliphatic heterocycles. The maximum Gasteiger partial charge on any atom is 0.341 e. The summed E-state index contributed by atoms with van der Waals surface area (Å²) in [6.07, 6.45) is 1.78. The van der Waals surface area contributed by atoms with E-state index in [4.69, 9.17) is 9.84 Å². The lowest BCUT2D eigenvalue weighted by Gasteiger charge is -2.19. The van der Waals surface area contributed by atoms with E-state index < -0.39 is 12.6 Å². The Morgan fingerprint density at radius 2 is 1.88 bits per heavy atom. The highest BCUT2D eigenvalue weighted by molar-refractivity contribution is 5.94. The summed E-state index contributed by atoms with van der Waals surface area (Å²) in [5.74, 6) is -0.910. The standard InChI is InChI=1S/C19H21NO4/c1-2-7-17(14-8-4-3-5-9-14)20-19(23)15-10-6-11-16(12-15)24-13-18(21)22/h3-6,8-12,17H,2,7,13H2,1H3,(H,20,23)(H,21,22). The fourth-order valence-corrected chi connectivity index (χ4v) is 2.41. The fraction of sp³-hybridized carbons (Fsp3) is 0.263. The Kier molecular flexibility index (Phi) is 6.37. The van der Waals surface area contributed by atoms with E-state index in [0.29, 0.717) is 11.3 Å². The van der Waals surface area contributed by atoms with Crippen LogP contribution in [0.5, 0.6) is 5.75 Å². The lowest BCUT2D eigenvalue weighted by atomic mass is 10.0. The summed E-state index contributed by atoms with van der Waals surface area (Å²) in [6.45, 7) is 1.63. The van der Waals surface area contributed by atoms with E-state index in [1.807, 2.05) is 30.3 Å². The van der Waals surface area contributed by atoms with Crippen LogP contribution in [0.3, 0.4) is 0 Å². The number of benzene rings is 2. The Labute approximate surface area is 141 Å². The molecule has 2 rings (SSSR count). The third-order valence-corrected chi connectivity index (χ3v) is 3.54. The second-order valence-corrected chi connectivity index (χ2v) is 5.44. The Bertz CT molecular complexity index is 685. The Morgan fingerprint density at radius 3 is 2.54 bits per heavy atom. The Hall–Kier alpha value is -2.82. The first-order chi connectivity index (χ1) is 11.6. The minimum Gasteiger partial charge on any atom is -0.482 e. The van der Waals surface area contributed by atoms with Crippen molar-refractivity contribution in [3.8, 4) is 5.75 Å². The minimum atomic E-state index is -1.06. The lowest BCUT2D eigenvalue weighted by molar-refractivity contribution is -0.139. The molecule has 126 valence electrons. The summed E-state index contributed by atoms with van der Waals surface area (Å²) in [4.78, 5) is 23.1. The molecule has 0 spiro atoms. The van der Waals surface area contributed by atoms with Crippen LogP contribution in [0.1, 0.15) is 41.7 Å². The number of ether oxygens (including phenoxy) is 1. The number of aliphatic carboxylic acids is 1. The number of hydrogen-bond acceptors (Lipinski definition) is 3. The molecule has 5 nitrogen and oxygen atoms in total. The minimum absolute atomic E-state index is 0.0627. The Morgan fingerprint density at radius 1 is 1.12 bits per heavy atom. The molecule has 2 N–H and O–H groups in total. The van der Waals surface area contributed by atoms with Gasteiger partial charge in [-0.25, -0.2) is 4.79 Å². The van der Waals surface area contributed by atoms with E-state index in [0.717, 1.165) is 18.4 Å². The number of rotatable bonds is 8. The van der Waals surface area contributed by atoms with Crippen molar-refractivity contribution in [3.05, 3.63) is 65.7 Å². The van der Waals surface area contributed by atoms with Gasteiger partial charge in [-0.2, -0.15) is 0 Å². The SMILES string of the molecule is CCCC(NC(=O)c1cccc(OCC(=O)O)c1)c1ccccc1. The maximum atomic E-state index is 12.5. The van der Waals surface area contributed by atoms with Gasteiger partial charge >= 0.3 is 5.97 Å². The zero-order valence-corrected chi connectivity index (χ0v) is 13.6. The fourth-order valence-electron chi connectivity index (χ4n) is 2.41. The smallest absolute Gasteiger partial charge is 0.341 e. The monoisotopic (exact) mass is 327 g/mol. The summed E-state index contributed by atoms with van der Waals surface area (Å²) in [7, 11) is 0. The Balaban J connectivity index is 2.09. The molecule has 24 heavy (non-hydrogen) atoms. The van der Waals surface area contributed by atoms with Crippen LogP contribution >= 0.6 is 0 Å². The van der Waals surface area contributed by atoms with Crippen LogP contribution in [0.15, 0.2) is 54.6 Å². The maximum absolute atomic E-state index is 12.5. The first kappa shape index (κ1) is 17.5. The first-order valence-corrected chi connectivity index (χ1v) is 7.90. The predicted octanol–water partition coefficient (Wildman–Crippen LogP) is 3.42. The molecule has 0 saturated carbocycles. The average Bonchev–Trinajstić information content (AvgIpc) is 2.60. The number of amides is 1. The number of nitrogens with one attached hydrogen (secondary N) is 1. The normalized spacial score (nSPS) is 11.5. The molecule has 0 aliphatic carbocycles. The molecule has 0 heterocycles. The highest BCUT2D eigenvalue weighted by Gasteiger charge is 2.15. The van der Waals surface area contributed by atoms with Crippen molar-refractivity contribution < 1.29 is 19.4 Å². The van der Waals surface area contributed by atoms with Crippen LogP contribution in [0.4, 0.5) is 0 Å².